The molecular weight excluding hydrogens is 246 g/mol. The van der Waals surface area contributed by atoms with E-state index in [0.717, 1.165) is 0 Å². The summed E-state index contributed by atoms with van der Waals surface area (Å²) in [6, 6.07) is 5.71. The Kier molecular flexibility index (Phi) is 5.36. The van der Waals surface area contributed by atoms with Gasteiger partial charge >= 0.3 is 5.97 Å². The maximum absolute atomic E-state index is 11.7. The summed E-state index contributed by atoms with van der Waals surface area (Å²) in [5.74, 6) is -1.22. The van der Waals surface area contributed by atoms with E-state index in [-0.39, 0.29) is 11.8 Å². The van der Waals surface area contributed by atoms with Crippen molar-refractivity contribution in [1.82, 2.24) is 5.32 Å². The third-order valence-electron chi connectivity index (χ3n) is 2.59. The molecule has 0 aromatic heterocycles. The summed E-state index contributed by atoms with van der Waals surface area (Å²) in [4.78, 5) is 23.0. The molecule has 0 aliphatic rings. The second kappa shape index (κ2) is 6.78. The number of amides is 1. The quantitative estimate of drug-likeness (QED) is 0.824. The van der Waals surface area contributed by atoms with Gasteiger partial charge in [0.05, 0.1) is 6.61 Å². The fraction of sp³-hybridized carbons (Fsp3) is 0.429. The number of ether oxygens (including phenoxy) is 1. The van der Waals surface area contributed by atoms with E-state index in [2.05, 4.69) is 5.32 Å². The molecule has 0 saturated heterocycles. The second-order valence-corrected chi connectivity index (χ2v) is 4.41. The fourth-order valence-corrected chi connectivity index (χ4v) is 1.59. The molecule has 19 heavy (non-hydrogen) atoms. The van der Waals surface area contributed by atoms with Crippen LogP contribution in [0.5, 0.6) is 5.75 Å². The van der Waals surface area contributed by atoms with E-state index in [1.165, 1.54) is 0 Å². The molecule has 1 amide bonds. The van der Waals surface area contributed by atoms with Crippen LogP contribution in [-0.4, -0.2) is 23.6 Å². The predicted octanol–water partition coefficient (Wildman–Crippen LogP) is 1.98. The molecule has 0 aliphatic heterocycles. The molecule has 0 radical (unpaired) electrons. The first-order valence-corrected chi connectivity index (χ1v) is 6.22. The fourth-order valence-electron chi connectivity index (χ4n) is 1.59. The van der Waals surface area contributed by atoms with Crippen molar-refractivity contribution in [2.24, 2.45) is 5.92 Å². The Balaban J connectivity index is 3.05. The van der Waals surface area contributed by atoms with Crippen molar-refractivity contribution in [3.63, 3.8) is 0 Å². The van der Waals surface area contributed by atoms with Crippen LogP contribution in [0.15, 0.2) is 24.3 Å². The lowest BCUT2D eigenvalue weighted by molar-refractivity contribution is -0.142. The summed E-state index contributed by atoms with van der Waals surface area (Å²) in [5, 5.41) is 11.8. The van der Waals surface area contributed by atoms with E-state index in [0.29, 0.717) is 17.9 Å². The van der Waals surface area contributed by atoms with Crippen LogP contribution in [-0.2, 0) is 9.59 Å². The van der Waals surface area contributed by atoms with Gasteiger partial charge < -0.3 is 15.2 Å². The Labute approximate surface area is 112 Å². The molecule has 0 saturated carbocycles. The highest BCUT2D eigenvalue weighted by atomic mass is 16.5. The van der Waals surface area contributed by atoms with Crippen molar-refractivity contribution >= 4 is 11.9 Å². The molecule has 5 heteroatoms. The number of nitrogens with one attached hydrogen (secondary N) is 1. The molecule has 1 atom stereocenters. The molecule has 2 N–H and O–H groups in total. The van der Waals surface area contributed by atoms with Crippen molar-refractivity contribution < 1.29 is 19.4 Å². The lowest BCUT2D eigenvalue weighted by Gasteiger charge is -2.19. The van der Waals surface area contributed by atoms with Gasteiger partial charge in [-0.25, -0.2) is 4.79 Å². The first-order valence-electron chi connectivity index (χ1n) is 6.22. The van der Waals surface area contributed by atoms with Gasteiger partial charge in [0.15, 0.2) is 6.04 Å². The van der Waals surface area contributed by atoms with Crippen molar-refractivity contribution in [3.8, 4) is 5.75 Å². The SMILES string of the molecule is CCOc1ccccc1C(NC(=O)C(C)C)C(=O)O. The number of para-hydroxylation sites is 1. The van der Waals surface area contributed by atoms with Gasteiger partial charge in [-0.2, -0.15) is 0 Å². The molecule has 1 unspecified atom stereocenters. The van der Waals surface area contributed by atoms with Crippen molar-refractivity contribution in [1.29, 1.82) is 0 Å². The van der Waals surface area contributed by atoms with Crippen molar-refractivity contribution in [2.45, 2.75) is 26.8 Å². The van der Waals surface area contributed by atoms with Gasteiger partial charge in [0, 0.05) is 11.5 Å². The average molecular weight is 265 g/mol. The van der Waals surface area contributed by atoms with Crippen molar-refractivity contribution in [3.05, 3.63) is 29.8 Å². The summed E-state index contributed by atoms with van der Waals surface area (Å²) < 4.78 is 5.40. The number of carbonyl (C=O) groups is 2. The van der Waals surface area contributed by atoms with Crippen LogP contribution in [0.2, 0.25) is 0 Å². The minimum absolute atomic E-state index is 0.277. The number of hydrogen-bond donors (Lipinski definition) is 2. The van der Waals surface area contributed by atoms with Crippen LogP contribution in [0.1, 0.15) is 32.4 Å². The molecule has 0 bridgehead atoms. The molecule has 1 rings (SSSR count). The predicted molar refractivity (Wildman–Crippen MR) is 71.0 cm³/mol. The van der Waals surface area contributed by atoms with Crippen LogP contribution in [0, 0.1) is 5.92 Å². The van der Waals surface area contributed by atoms with Gasteiger partial charge in [0.2, 0.25) is 5.91 Å². The second-order valence-electron chi connectivity index (χ2n) is 4.41. The molecule has 0 fully saturated rings. The topological polar surface area (TPSA) is 75.6 Å². The standard InChI is InChI=1S/C14H19NO4/c1-4-19-11-8-6-5-7-10(11)12(14(17)18)15-13(16)9(2)3/h5-9,12H,4H2,1-3H3,(H,15,16)(H,17,18). The zero-order valence-corrected chi connectivity index (χ0v) is 11.3. The maximum atomic E-state index is 11.7. The number of carboxylic acids is 1. The van der Waals surface area contributed by atoms with Gasteiger partial charge in [0.1, 0.15) is 5.75 Å². The Hall–Kier alpha value is -2.04. The third kappa shape index (κ3) is 3.98. The molecule has 0 spiro atoms. The van der Waals surface area contributed by atoms with E-state index >= 15 is 0 Å². The van der Waals surface area contributed by atoms with Gasteiger partial charge in [-0.05, 0) is 13.0 Å². The molecule has 1 aromatic carbocycles. The molecule has 1 aromatic rings. The minimum atomic E-state index is -1.11. The van der Waals surface area contributed by atoms with Crippen LogP contribution >= 0.6 is 0 Å². The van der Waals surface area contributed by atoms with E-state index in [1.807, 2.05) is 6.92 Å². The van der Waals surface area contributed by atoms with E-state index < -0.39 is 12.0 Å². The Morgan fingerprint density at radius 1 is 1.32 bits per heavy atom. The summed E-state index contributed by atoms with van der Waals surface area (Å²) >= 11 is 0. The lowest BCUT2D eigenvalue weighted by Crippen LogP contribution is -2.36. The monoisotopic (exact) mass is 265 g/mol. The van der Waals surface area contributed by atoms with E-state index in [1.54, 1.807) is 38.1 Å². The third-order valence-corrected chi connectivity index (χ3v) is 2.59. The molecular formula is C14H19NO4. The van der Waals surface area contributed by atoms with Crippen LogP contribution < -0.4 is 10.1 Å². The lowest BCUT2D eigenvalue weighted by atomic mass is 10.0. The van der Waals surface area contributed by atoms with E-state index in [9.17, 15) is 14.7 Å². The van der Waals surface area contributed by atoms with Gasteiger partial charge in [-0.3, -0.25) is 4.79 Å². The highest BCUT2D eigenvalue weighted by Gasteiger charge is 2.25. The summed E-state index contributed by atoms with van der Waals surface area (Å²) in [7, 11) is 0. The number of carbonyl (C=O) groups excluding carboxylic acids is 1. The van der Waals surface area contributed by atoms with Gasteiger partial charge in [-0.1, -0.05) is 32.0 Å². The van der Waals surface area contributed by atoms with Gasteiger partial charge in [0.25, 0.3) is 0 Å². The zero-order chi connectivity index (χ0) is 14.4. The molecule has 104 valence electrons. The zero-order valence-electron chi connectivity index (χ0n) is 11.3. The Morgan fingerprint density at radius 2 is 1.95 bits per heavy atom. The molecule has 0 aliphatic carbocycles. The number of carboxylic acid groups (broad SMARTS) is 1. The number of benzene rings is 1. The first-order chi connectivity index (χ1) is 8.97. The summed E-state index contributed by atoms with van der Waals surface area (Å²) in [6.07, 6.45) is 0. The smallest absolute Gasteiger partial charge is 0.331 e. The highest BCUT2D eigenvalue weighted by Crippen LogP contribution is 2.25. The van der Waals surface area contributed by atoms with Crippen LogP contribution in [0.4, 0.5) is 0 Å². The molecule has 0 heterocycles. The Bertz CT molecular complexity index is 457. The van der Waals surface area contributed by atoms with Crippen LogP contribution in [0.25, 0.3) is 0 Å². The summed E-state index contributed by atoms with van der Waals surface area (Å²) in [6.45, 7) is 5.67. The summed E-state index contributed by atoms with van der Waals surface area (Å²) in [5.41, 5.74) is 0.450. The average Bonchev–Trinajstić information content (AvgIpc) is 2.36. The maximum Gasteiger partial charge on any atom is 0.331 e. The van der Waals surface area contributed by atoms with Crippen molar-refractivity contribution in [2.75, 3.05) is 6.61 Å². The minimum Gasteiger partial charge on any atom is -0.493 e. The number of aliphatic carboxylic acids is 1. The first kappa shape index (κ1) is 15.0. The molecule has 5 nitrogen and oxygen atoms in total. The number of hydrogen-bond acceptors (Lipinski definition) is 3. The van der Waals surface area contributed by atoms with Gasteiger partial charge in [-0.15, -0.1) is 0 Å². The van der Waals surface area contributed by atoms with E-state index in [4.69, 9.17) is 4.74 Å². The van der Waals surface area contributed by atoms with Crippen LogP contribution in [0.3, 0.4) is 0 Å². The highest BCUT2D eigenvalue weighted by molar-refractivity contribution is 5.86. The Morgan fingerprint density at radius 3 is 2.47 bits per heavy atom. The largest absolute Gasteiger partial charge is 0.493 e. The normalized spacial score (nSPS) is 12.0. The number of rotatable bonds is 6.